The van der Waals surface area contributed by atoms with E-state index in [0.29, 0.717) is 11.9 Å². The summed E-state index contributed by atoms with van der Waals surface area (Å²) in [5.41, 5.74) is 0.0510. The van der Waals surface area contributed by atoms with E-state index in [-0.39, 0.29) is 5.41 Å². The Balaban J connectivity index is 1.45. The van der Waals surface area contributed by atoms with Crippen molar-refractivity contribution in [1.29, 1.82) is 0 Å². The summed E-state index contributed by atoms with van der Waals surface area (Å²) >= 11 is 0. The molecule has 0 aromatic rings. The topological polar surface area (TPSA) is 29.1 Å². The van der Waals surface area contributed by atoms with Gasteiger partial charge in [-0.25, -0.2) is 0 Å². The SMILES string of the molecule is C[C@@H]1CCC[C@H](NC(=O)C23CC4CC(CC(C4)C2)C3)C1. The zero-order valence-electron chi connectivity index (χ0n) is 12.9. The monoisotopic (exact) mass is 275 g/mol. The lowest BCUT2D eigenvalue weighted by Gasteiger charge is -2.56. The molecule has 0 saturated heterocycles. The maximum absolute atomic E-state index is 13.0. The van der Waals surface area contributed by atoms with Crippen LogP contribution in [-0.4, -0.2) is 11.9 Å². The molecule has 0 aromatic carbocycles. The van der Waals surface area contributed by atoms with E-state index in [4.69, 9.17) is 0 Å². The minimum absolute atomic E-state index is 0.0510. The Bertz CT molecular complexity index is 367. The summed E-state index contributed by atoms with van der Waals surface area (Å²) in [5.74, 6) is 3.85. The van der Waals surface area contributed by atoms with Gasteiger partial charge in [0.25, 0.3) is 0 Å². The lowest BCUT2D eigenvalue weighted by Crippen LogP contribution is -2.55. The first-order chi connectivity index (χ1) is 9.63. The average molecular weight is 275 g/mol. The second-order valence-corrected chi connectivity index (χ2v) is 8.64. The van der Waals surface area contributed by atoms with Gasteiger partial charge >= 0.3 is 0 Å². The summed E-state index contributed by atoms with van der Waals surface area (Å²) in [7, 11) is 0. The minimum atomic E-state index is 0.0510. The van der Waals surface area contributed by atoms with Crippen molar-refractivity contribution < 1.29 is 4.79 Å². The fourth-order valence-electron chi connectivity index (χ4n) is 6.29. The van der Waals surface area contributed by atoms with Crippen molar-refractivity contribution in [3.63, 3.8) is 0 Å². The standard InChI is InChI=1S/C18H29NO/c1-12-3-2-4-16(5-12)19-17(20)18-9-13-6-14(10-18)8-15(7-13)11-18/h12-16H,2-11H2,1H3,(H,19,20)/t12-,13?,14?,15?,16+,18?/m1/s1. The van der Waals surface area contributed by atoms with Gasteiger partial charge in [0.15, 0.2) is 0 Å². The van der Waals surface area contributed by atoms with Gasteiger partial charge in [-0.2, -0.15) is 0 Å². The Kier molecular flexibility index (Phi) is 3.12. The van der Waals surface area contributed by atoms with E-state index in [9.17, 15) is 4.79 Å². The van der Waals surface area contributed by atoms with Crippen LogP contribution in [0.3, 0.4) is 0 Å². The number of nitrogens with one attached hydrogen (secondary N) is 1. The Morgan fingerprint density at radius 3 is 2.10 bits per heavy atom. The molecule has 5 fully saturated rings. The first-order valence-electron chi connectivity index (χ1n) is 8.94. The normalized spacial score (nSPS) is 50.1. The van der Waals surface area contributed by atoms with E-state index in [1.54, 1.807) is 0 Å². The minimum Gasteiger partial charge on any atom is -0.353 e. The van der Waals surface area contributed by atoms with Crippen molar-refractivity contribution in [1.82, 2.24) is 5.32 Å². The Labute approximate surface area is 123 Å². The molecule has 1 amide bonds. The molecule has 5 rings (SSSR count). The first kappa shape index (κ1) is 13.2. The third kappa shape index (κ3) is 2.19. The molecule has 2 atom stereocenters. The van der Waals surface area contributed by atoms with Crippen LogP contribution < -0.4 is 5.32 Å². The quantitative estimate of drug-likeness (QED) is 0.813. The largest absolute Gasteiger partial charge is 0.353 e. The molecule has 20 heavy (non-hydrogen) atoms. The van der Waals surface area contributed by atoms with Crippen LogP contribution in [0.5, 0.6) is 0 Å². The van der Waals surface area contributed by atoms with Crippen LogP contribution in [0.1, 0.15) is 71.1 Å². The summed E-state index contributed by atoms with van der Waals surface area (Å²) < 4.78 is 0. The number of carbonyl (C=O) groups excluding carboxylic acids is 1. The molecule has 2 nitrogen and oxygen atoms in total. The lowest BCUT2D eigenvalue weighted by molar-refractivity contribution is -0.147. The highest BCUT2D eigenvalue weighted by Crippen LogP contribution is 2.60. The van der Waals surface area contributed by atoms with Crippen LogP contribution in [0.25, 0.3) is 0 Å². The second-order valence-electron chi connectivity index (χ2n) is 8.64. The van der Waals surface area contributed by atoms with Crippen LogP contribution in [0.15, 0.2) is 0 Å². The van der Waals surface area contributed by atoms with Gasteiger partial charge in [0.2, 0.25) is 5.91 Å². The van der Waals surface area contributed by atoms with Gasteiger partial charge in [-0.05, 0) is 75.0 Å². The number of amides is 1. The van der Waals surface area contributed by atoms with Gasteiger partial charge in [-0.1, -0.05) is 19.8 Å². The molecule has 0 heterocycles. The van der Waals surface area contributed by atoms with Gasteiger partial charge in [-0.15, -0.1) is 0 Å². The maximum atomic E-state index is 13.0. The van der Waals surface area contributed by atoms with E-state index < -0.39 is 0 Å². The lowest BCUT2D eigenvalue weighted by atomic mass is 9.49. The molecule has 0 aromatic heterocycles. The van der Waals surface area contributed by atoms with E-state index >= 15 is 0 Å². The first-order valence-corrected chi connectivity index (χ1v) is 8.94. The zero-order chi connectivity index (χ0) is 13.7. The predicted molar refractivity (Wildman–Crippen MR) is 80.2 cm³/mol. The van der Waals surface area contributed by atoms with E-state index in [0.717, 1.165) is 23.7 Å². The highest BCUT2D eigenvalue weighted by molar-refractivity contribution is 5.83. The molecular formula is C18H29NO. The van der Waals surface area contributed by atoms with Crippen LogP contribution in [0, 0.1) is 29.1 Å². The third-order valence-corrected chi connectivity index (χ3v) is 6.79. The van der Waals surface area contributed by atoms with Gasteiger partial charge in [0, 0.05) is 11.5 Å². The van der Waals surface area contributed by atoms with Crippen molar-refractivity contribution in [2.24, 2.45) is 29.1 Å². The van der Waals surface area contributed by atoms with Gasteiger partial charge < -0.3 is 5.32 Å². The van der Waals surface area contributed by atoms with E-state index in [2.05, 4.69) is 12.2 Å². The molecule has 2 heteroatoms. The van der Waals surface area contributed by atoms with Crippen LogP contribution in [-0.2, 0) is 4.79 Å². The number of hydrogen-bond acceptors (Lipinski definition) is 1. The number of hydrogen-bond donors (Lipinski definition) is 1. The summed E-state index contributed by atoms with van der Waals surface area (Å²) in [6, 6.07) is 0.472. The van der Waals surface area contributed by atoms with Crippen molar-refractivity contribution in [2.75, 3.05) is 0 Å². The molecule has 112 valence electrons. The fraction of sp³-hybridized carbons (Fsp3) is 0.944. The molecule has 0 radical (unpaired) electrons. The predicted octanol–water partition coefficient (Wildman–Crippen LogP) is 3.90. The molecule has 1 N–H and O–H groups in total. The molecule has 0 aliphatic heterocycles. The Hall–Kier alpha value is -0.530. The van der Waals surface area contributed by atoms with Gasteiger partial charge in [0.1, 0.15) is 0 Å². The highest BCUT2D eigenvalue weighted by atomic mass is 16.2. The average Bonchev–Trinajstić information content (AvgIpc) is 2.37. The molecule has 5 aliphatic carbocycles. The molecule has 5 aliphatic rings. The summed E-state index contributed by atoms with van der Waals surface area (Å²) in [4.78, 5) is 13.0. The summed E-state index contributed by atoms with van der Waals surface area (Å²) in [6.07, 6.45) is 12.9. The van der Waals surface area contributed by atoms with E-state index in [1.807, 2.05) is 0 Å². The number of carbonyl (C=O) groups is 1. The maximum Gasteiger partial charge on any atom is 0.226 e. The van der Waals surface area contributed by atoms with Crippen molar-refractivity contribution in [2.45, 2.75) is 77.2 Å². The zero-order valence-corrected chi connectivity index (χ0v) is 12.9. The van der Waals surface area contributed by atoms with Crippen LogP contribution in [0.4, 0.5) is 0 Å². The summed E-state index contributed by atoms with van der Waals surface area (Å²) in [5, 5.41) is 3.47. The highest BCUT2D eigenvalue weighted by Gasteiger charge is 2.54. The third-order valence-electron chi connectivity index (χ3n) is 6.79. The van der Waals surface area contributed by atoms with Crippen LogP contribution in [0.2, 0.25) is 0 Å². The molecular weight excluding hydrogens is 246 g/mol. The van der Waals surface area contributed by atoms with E-state index in [1.165, 1.54) is 64.2 Å². The fourth-order valence-corrected chi connectivity index (χ4v) is 6.29. The van der Waals surface area contributed by atoms with Gasteiger partial charge in [0.05, 0.1) is 0 Å². The molecule has 5 saturated carbocycles. The van der Waals surface area contributed by atoms with Gasteiger partial charge in [-0.3, -0.25) is 4.79 Å². The Morgan fingerprint density at radius 2 is 1.55 bits per heavy atom. The molecule has 0 unspecified atom stereocenters. The molecule has 0 spiro atoms. The Morgan fingerprint density at radius 1 is 0.950 bits per heavy atom. The van der Waals surface area contributed by atoms with Crippen molar-refractivity contribution >= 4 is 5.91 Å². The van der Waals surface area contributed by atoms with Crippen LogP contribution >= 0.6 is 0 Å². The second kappa shape index (κ2) is 4.74. The van der Waals surface area contributed by atoms with Crippen molar-refractivity contribution in [3.8, 4) is 0 Å². The van der Waals surface area contributed by atoms with Crippen molar-refractivity contribution in [3.05, 3.63) is 0 Å². The number of rotatable bonds is 2. The smallest absolute Gasteiger partial charge is 0.226 e. The summed E-state index contributed by atoms with van der Waals surface area (Å²) in [6.45, 7) is 2.34. The molecule has 4 bridgehead atoms.